The molecular formula is C19H23NO3. The van der Waals surface area contributed by atoms with Crippen molar-refractivity contribution in [2.45, 2.75) is 23.9 Å². The minimum absolute atomic E-state index is 0.0181. The van der Waals surface area contributed by atoms with Crippen molar-refractivity contribution in [1.82, 2.24) is 0 Å². The summed E-state index contributed by atoms with van der Waals surface area (Å²) >= 11 is 0. The molecule has 2 N–H and O–H groups in total. The van der Waals surface area contributed by atoms with Crippen LogP contribution in [0.4, 0.5) is 0 Å². The van der Waals surface area contributed by atoms with E-state index in [2.05, 4.69) is 0 Å². The van der Waals surface area contributed by atoms with Gasteiger partial charge in [0.1, 0.15) is 0 Å². The molecule has 0 unspecified atom stereocenters. The van der Waals surface area contributed by atoms with Crippen LogP contribution in [0.15, 0.2) is 72.9 Å². The van der Waals surface area contributed by atoms with Crippen LogP contribution >= 0.6 is 0 Å². The average molecular weight is 313 g/mol. The van der Waals surface area contributed by atoms with Gasteiger partial charge in [0, 0.05) is 0 Å². The molecular weight excluding hydrogens is 290 g/mol. The molecule has 0 bridgehead atoms. The lowest BCUT2D eigenvalue weighted by Gasteiger charge is -2.31. The van der Waals surface area contributed by atoms with Crippen LogP contribution in [0.1, 0.15) is 0 Å². The van der Waals surface area contributed by atoms with Gasteiger partial charge in [-0.05, 0) is 0 Å². The van der Waals surface area contributed by atoms with Crippen LogP contribution < -0.4 is 5.73 Å². The van der Waals surface area contributed by atoms with E-state index >= 15 is 0 Å². The van der Waals surface area contributed by atoms with Crippen molar-refractivity contribution in [2.24, 2.45) is 5.73 Å². The van der Waals surface area contributed by atoms with E-state index in [-0.39, 0.29) is 18.3 Å². The Balaban J connectivity index is 1.53. The summed E-state index contributed by atoms with van der Waals surface area (Å²) in [4.78, 5) is 0. The predicted octanol–water partition coefficient (Wildman–Crippen LogP) is 2.22. The summed E-state index contributed by atoms with van der Waals surface area (Å²) in [5.41, 5.74) is 5.82. The fourth-order valence-electron chi connectivity index (χ4n) is 2.48. The third kappa shape index (κ3) is 4.88. The van der Waals surface area contributed by atoms with Crippen LogP contribution in [0.25, 0.3) is 0 Å². The van der Waals surface area contributed by atoms with Crippen LogP contribution in [0.3, 0.4) is 0 Å². The van der Waals surface area contributed by atoms with Gasteiger partial charge >= 0.3 is 0 Å². The Kier molecular flexibility index (Phi) is 5.41. The normalized spacial score (nSPS) is 20.7. The van der Waals surface area contributed by atoms with Gasteiger partial charge in [0.05, 0.1) is 43.7 Å². The maximum absolute atomic E-state index is 6.51. The number of rotatable bonds is 9. The zero-order valence-electron chi connectivity index (χ0n) is 13.1. The molecule has 0 spiro atoms. The number of hydrogen-bond acceptors (Lipinski definition) is 4. The molecule has 4 heteroatoms. The summed E-state index contributed by atoms with van der Waals surface area (Å²) in [6, 6.07) is 0. The molecule has 3 aliphatic rings. The van der Waals surface area contributed by atoms with Crippen molar-refractivity contribution in [3.05, 3.63) is 72.9 Å². The van der Waals surface area contributed by atoms with Crippen molar-refractivity contribution < 1.29 is 14.2 Å². The SMILES string of the molecule is NC(COC1C=CC=C1)(COC1C=CC=C1)COC1C=CC=C1. The van der Waals surface area contributed by atoms with Crippen molar-refractivity contribution in [2.75, 3.05) is 19.8 Å². The van der Waals surface area contributed by atoms with Crippen molar-refractivity contribution in [3.63, 3.8) is 0 Å². The van der Waals surface area contributed by atoms with E-state index in [9.17, 15) is 0 Å². The van der Waals surface area contributed by atoms with Gasteiger partial charge in [0.25, 0.3) is 0 Å². The van der Waals surface area contributed by atoms with Crippen LogP contribution in [-0.4, -0.2) is 43.7 Å². The highest BCUT2D eigenvalue weighted by atomic mass is 16.5. The van der Waals surface area contributed by atoms with Gasteiger partial charge in [-0.15, -0.1) is 0 Å². The summed E-state index contributed by atoms with van der Waals surface area (Å²) in [6.07, 6.45) is 23.7. The van der Waals surface area contributed by atoms with Crippen LogP contribution in [0.2, 0.25) is 0 Å². The summed E-state index contributed by atoms with van der Waals surface area (Å²) in [5.74, 6) is 0. The fourth-order valence-corrected chi connectivity index (χ4v) is 2.48. The third-order valence-corrected chi connectivity index (χ3v) is 3.83. The quantitative estimate of drug-likeness (QED) is 0.709. The molecule has 0 aromatic carbocycles. The van der Waals surface area contributed by atoms with E-state index in [1.807, 2.05) is 72.9 Å². The van der Waals surface area contributed by atoms with Gasteiger partial charge in [-0.1, -0.05) is 72.9 Å². The lowest BCUT2D eigenvalue weighted by atomic mass is 10.0. The molecule has 0 radical (unpaired) electrons. The van der Waals surface area contributed by atoms with Crippen molar-refractivity contribution >= 4 is 0 Å². The molecule has 122 valence electrons. The van der Waals surface area contributed by atoms with E-state index in [1.54, 1.807) is 0 Å². The zero-order valence-corrected chi connectivity index (χ0v) is 13.1. The van der Waals surface area contributed by atoms with Crippen LogP contribution in [0, 0.1) is 0 Å². The molecule has 0 amide bonds. The number of ether oxygens (including phenoxy) is 3. The highest BCUT2D eigenvalue weighted by Gasteiger charge is 2.29. The zero-order chi connectivity index (χ0) is 16.0. The van der Waals surface area contributed by atoms with Crippen molar-refractivity contribution in [3.8, 4) is 0 Å². The highest BCUT2D eigenvalue weighted by molar-refractivity contribution is 5.20. The minimum atomic E-state index is -0.696. The summed E-state index contributed by atoms with van der Waals surface area (Å²) in [7, 11) is 0. The first-order valence-electron chi connectivity index (χ1n) is 7.92. The Hall–Kier alpha value is -1.72. The molecule has 0 aliphatic heterocycles. The summed E-state index contributed by atoms with van der Waals surface area (Å²) in [6.45, 7) is 1.10. The first-order valence-corrected chi connectivity index (χ1v) is 7.92. The minimum Gasteiger partial charge on any atom is -0.368 e. The number of allylic oxidation sites excluding steroid dienone is 6. The second-order valence-electron chi connectivity index (χ2n) is 6.00. The largest absolute Gasteiger partial charge is 0.368 e. The van der Waals surface area contributed by atoms with Crippen LogP contribution in [-0.2, 0) is 14.2 Å². The van der Waals surface area contributed by atoms with Gasteiger partial charge in [0.15, 0.2) is 0 Å². The van der Waals surface area contributed by atoms with E-state index in [4.69, 9.17) is 19.9 Å². The van der Waals surface area contributed by atoms with Gasteiger partial charge < -0.3 is 19.9 Å². The highest BCUT2D eigenvalue weighted by Crippen LogP contribution is 2.15. The molecule has 4 nitrogen and oxygen atoms in total. The predicted molar refractivity (Wildman–Crippen MR) is 91.0 cm³/mol. The molecule has 0 aromatic rings. The van der Waals surface area contributed by atoms with Crippen molar-refractivity contribution in [1.29, 1.82) is 0 Å². The van der Waals surface area contributed by atoms with Gasteiger partial charge in [-0.3, -0.25) is 0 Å². The molecule has 3 rings (SSSR count). The summed E-state index contributed by atoms with van der Waals surface area (Å²) in [5, 5.41) is 0. The number of nitrogens with two attached hydrogens (primary N) is 1. The van der Waals surface area contributed by atoms with Crippen LogP contribution in [0.5, 0.6) is 0 Å². The number of hydrogen-bond donors (Lipinski definition) is 1. The fraction of sp³-hybridized carbons (Fsp3) is 0.368. The maximum Gasteiger partial charge on any atom is 0.0944 e. The topological polar surface area (TPSA) is 53.7 Å². The van der Waals surface area contributed by atoms with Gasteiger partial charge in [0.2, 0.25) is 0 Å². The first kappa shape index (κ1) is 16.1. The first-order chi connectivity index (χ1) is 11.2. The Morgan fingerprint density at radius 1 is 0.565 bits per heavy atom. The summed E-state index contributed by atoms with van der Waals surface area (Å²) < 4.78 is 17.6. The van der Waals surface area contributed by atoms with E-state index in [0.717, 1.165) is 0 Å². The molecule has 0 fully saturated rings. The van der Waals surface area contributed by atoms with E-state index in [1.165, 1.54) is 0 Å². The second kappa shape index (κ2) is 7.70. The molecule has 0 saturated heterocycles. The Labute approximate surface area is 137 Å². The molecule has 0 saturated carbocycles. The standard InChI is InChI=1S/C19H23NO3/c20-19(13-21-16-7-1-2-8-16,14-22-17-9-3-4-10-17)15-23-18-11-5-6-12-18/h1-12,16-18H,13-15,20H2. The lowest BCUT2D eigenvalue weighted by Crippen LogP contribution is -2.54. The molecule has 0 atom stereocenters. The Bertz CT molecular complexity index is 456. The smallest absolute Gasteiger partial charge is 0.0944 e. The van der Waals surface area contributed by atoms with E-state index in [0.29, 0.717) is 19.8 Å². The Morgan fingerprint density at radius 2 is 0.826 bits per heavy atom. The Morgan fingerprint density at radius 3 is 1.09 bits per heavy atom. The third-order valence-electron chi connectivity index (χ3n) is 3.83. The monoisotopic (exact) mass is 313 g/mol. The average Bonchev–Trinajstić information content (AvgIpc) is 3.33. The lowest BCUT2D eigenvalue weighted by molar-refractivity contribution is -0.0360. The second-order valence-corrected chi connectivity index (χ2v) is 6.00. The molecule has 0 aromatic heterocycles. The van der Waals surface area contributed by atoms with Gasteiger partial charge in [-0.2, -0.15) is 0 Å². The van der Waals surface area contributed by atoms with Gasteiger partial charge in [-0.25, -0.2) is 0 Å². The van der Waals surface area contributed by atoms with E-state index < -0.39 is 5.54 Å². The maximum atomic E-state index is 6.51. The molecule has 3 aliphatic carbocycles. The molecule has 23 heavy (non-hydrogen) atoms. The molecule has 0 heterocycles.